The SMILES string of the molecule is CCCCn1nc(C)c(C=CC(=O)NCCCCn2ccccc2=O)c1Cl. The molecule has 2 aromatic heterocycles. The van der Waals surface area contributed by atoms with Gasteiger partial charge in [0.15, 0.2) is 0 Å². The van der Waals surface area contributed by atoms with Crippen LogP contribution in [0.15, 0.2) is 35.3 Å². The molecule has 0 aliphatic heterocycles. The van der Waals surface area contributed by atoms with Crippen LogP contribution in [-0.4, -0.2) is 26.8 Å². The molecule has 0 radical (unpaired) electrons. The van der Waals surface area contributed by atoms with Gasteiger partial charge in [-0.1, -0.05) is 31.0 Å². The molecular weight excluding hydrogens is 364 g/mol. The summed E-state index contributed by atoms with van der Waals surface area (Å²) in [6.07, 6.45) is 8.68. The Labute approximate surface area is 164 Å². The average molecular weight is 391 g/mol. The highest BCUT2D eigenvalue weighted by molar-refractivity contribution is 6.31. The van der Waals surface area contributed by atoms with Crippen molar-refractivity contribution in [3.8, 4) is 0 Å². The minimum absolute atomic E-state index is 0.00352. The first-order chi connectivity index (χ1) is 13.0. The topological polar surface area (TPSA) is 68.9 Å². The lowest BCUT2D eigenvalue weighted by atomic mass is 10.2. The van der Waals surface area contributed by atoms with E-state index in [0.29, 0.717) is 18.2 Å². The van der Waals surface area contributed by atoms with Gasteiger partial charge in [0.1, 0.15) is 5.15 Å². The number of nitrogens with one attached hydrogen (secondary N) is 1. The number of carbonyl (C=O) groups excluding carboxylic acids is 1. The van der Waals surface area contributed by atoms with Gasteiger partial charge in [0.2, 0.25) is 11.5 Å². The predicted octanol–water partition coefficient (Wildman–Crippen LogP) is 3.42. The van der Waals surface area contributed by atoms with Crippen LogP contribution in [0.5, 0.6) is 0 Å². The second-order valence-electron chi connectivity index (χ2n) is 6.43. The number of halogens is 1. The maximum Gasteiger partial charge on any atom is 0.250 e. The fraction of sp³-hybridized carbons (Fsp3) is 0.450. The van der Waals surface area contributed by atoms with Gasteiger partial charge in [-0.2, -0.15) is 5.10 Å². The van der Waals surface area contributed by atoms with Crippen molar-refractivity contribution in [2.24, 2.45) is 0 Å². The predicted molar refractivity (Wildman–Crippen MR) is 109 cm³/mol. The lowest BCUT2D eigenvalue weighted by Crippen LogP contribution is -2.23. The van der Waals surface area contributed by atoms with Crippen molar-refractivity contribution in [1.29, 1.82) is 0 Å². The largest absolute Gasteiger partial charge is 0.353 e. The van der Waals surface area contributed by atoms with Gasteiger partial charge in [0, 0.05) is 43.5 Å². The van der Waals surface area contributed by atoms with Crippen LogP contribution in [0, 0.1) is 6.92 Å². The minimum Gasteiger partial charge on any atom is -0.353 e. The van der Waals surface area contributed by atoms with Crippen LogP contribution in [0.1, 0.15) is 43.9 Å². The van der Waals surface area contributed by atoms with Crippen LogP contribution < -0.4 is 10.9 Å². The van der Waals surface area contributed by atoms with Gasteiger partial charge in [0.05, 0.1) is 5.69 Å². The summed E-state index contributed by atoms with van der Waals surface area (Å²) in [4.78, 5) is 23.6. The Morgan fingerprint density at radius 2 is 2.07 bits per heavy atom. The van der Waals surface area contributed by atoms with E-state index in [4.69, 9.17) is 11.6 Å². The molecule has 0 bridgehead atoms. The van der Waals surface area contributed by atoms with Crippen LogP contribution in [0.4, 0.5) is 0 Å². The molecule has 2 rings (SSSR count). The van der Waals surface area contributed by atoms with E-state index in [1.165, 1.54) is 6.08 Å². The number of carbonyl (C=O) groups is 1. The molecule has 0 aliphatic carbocycles. The number of rotatable bonds is 10. The molecule has 0 saturated carbocycles. The molecule has 27 heavy (non-hydrogen) atoms. The van der Waals surface area contributed by atoms with Crippen LogP contribution in [0.3, 0.4) is 0 Å². The summed E-state index contributed by atoms with van der Waals surface area (Å²) in [5.74, 6) is -0.163. The van der Waals surface area contributed by atoms with Gasteiger partial charge in [-0.25, -0.2) is 0 Å². The van der Waals surface area contributed by atoms with Crippen molar-refractivity contribution >= 4 is 23.6 Å². The third-order valence-electron chi connectivity index (χ3n) is 4.26. The summed E-state index contributed by atoms with van der Waals surface area (Å²) in [6, 6.07) is 5.11. The smallest absolute Gasteiger partial charge is 0.250 e. The monoisotopic (exact) mass is 390 g/mol. The molecule has 2 heterocycles. The fourth-order valence-electron chi connectivity index (χ4n) is 2.69. The zero-order valence-corrected chi connectivity index (χ0v) is 16.7. The third kappa shape index (κ3) is 6.40. The number of pyridine rings is 1. The molecule has 2 aromatic rings. The quantitative estimate of drug-likeness (QED) is 0.499. The van der Waals surface area contributed by atoms with Gasteiger partial charge < -0.3 is 9.88 Å². The second kappa shape index (κ2) is 10.7. The Kier molecular flexibility index (Phi) is 8.33. The molecule has 0 unspecified atom stereocenters. The summed E-state index contributed by atoms with van der Waals surface area (Å²) < 4.78 is 3.45. The van der Waals surface area contributed by atoms with Crippen molar-refractivity contribution in [1.82, 2.24) is 19.7 Å². The summed E-state index contributed by atoms with van der Waals surface area (Å²) in [6.45, 7) is 6.00. The van der Waals surface area contributed by atoms with Crippen LogP contribution in [0.2, 0.25) is 5.15 Å². The Hall–Kier alpha value is -2.34. The normalized spacial score (nSPS) is 11.2. The van der Waals surface area contributed by atoms with Crippen molar-refractivity contribution in [2.45, 2.75) is 52.6 Å². The number of aromatic nitrogens is 3. The summed E-state index contributed by atoms with van der Waals surface area (Å²) >= 11 is 6.36. The number of aryl methyl sites for hydroxylation is 3. The first-order valence-electron chi connectivity index (χ1n) is 9.37. The maximum absolute atomic E-state index is 12.0. The van der Waals surface area contributed by atoms with E-state index in [0.717, 1.165) is 43.5 Å². The van der Waals surface area contributed by atoms with Gasteiger partial charge >= 0.3 is 0 Å². The molecule has 0 atom stereocenters. The Morgan fingerprint density at radius 3 is 2.81 bits per heavy atom. The van der Waals surface area contributed by atoms with E-state index in [1.54, 1.807) is 33.7 Å². The summed E-state index contributed by atoms with van der Waals surface area (Å²) in [5, 5.41) is 7.84. The third-order valence-corrected chi connectivity index (χ3v) is 4.66. The number of nitrogens with zero attached hydrogens (tertiary/aromatic N) is 3. The highest BCUT2D eigenvalue weighted by Gasteiger charge is 2.10. The van der Waals surface area contributed by atoms with E-state index in [1.807, 2.05) is 13.0 Å². The molecule has 0 fully saturated rings. The first-order valence-corrected chi connectivity index (χ1v) is 9.75. The van der Waals surface area contributed by atoms with Gasteiger partial charge in [-0.05, 0) is 38.3 Å². The molecule has 1 amide bonds. The molecule has 0 aliphatic rings. The second-order valence-corrected chi connectivity index (χ2v) is 6.79. The standard InChI is InChI=1S/C20H27ClN4O2/c1-3-4-15-25-20(21)17(16(2)23-25)10-11-18(26)22-12-6-8-14-24-13-7-5-9-19(24)27/h5,7,9-11,13H,3-4,6,8,12,14-15H2,1-2H3,(H,22,26). The highest BCUT2D eigenvalue weighted by atomic mass is 35.5. The minimum atomic E-state index is -0.163. The molecular formula is C20H27ClN4O2. The number of hydrogen-bond acceptors (Lipinski definition) is 3. The average Bonchev–Trinajstić information content (AvgIpc) is 2.92. The van der Waals surface area contributed by atoms with E-state index in [2.05, 4.69) is 17.3 Å². The summed E-state index contributed by atoms with van der Waals surface area (Å²) in [5.41, 5.74) is 1.59. The van der Waals surface area contributed by atoms with Crippen LogP contribution >= 0.6 is 11.6 Å². The zero-order valence-electron chi connectivity index (χ0n) is 15.9. The Morgan fingerprint density at radius 1 is 1.26 bits per heavy atom. The number of unbranched alkanes of at least 4 members (excludes halogenated alkanes) is 2. The lowest BCUT2D eigenvalue weighted by Gasteiger charge is -2.05. The number of amides is 1. The van der Waals surface area contributed by atoms with E-state index in [9.17, 15) is 9.59 Å². The van der Waals surface area contributed by atoms with Crippen molar-refractivity contribution < 1.29 is 4.79 Å². The van der Waals surface area contributed by atoms with Crippen molar-refractivity contribution in [3.63, 3.8) is 0 Å². The zero-order chi connectivity index (χ0) is 19.6. The van der Waals surface area contributed by atoms with Crippen molar-refractivity contribution in [2.75, 3.05) is 6.54 Å². The molecule has 1 N–H and O–H groups in total. The maximum atomic E-state index is 12.0. The van der Waals surface area contributed by atoms with Gasteiger partial charge in [-0.3, -0.25) is 14.3 Å². The molecule has 146 valence electrons. The Balaban J connectivity index is 1.76. The number of hydrogen-bond donors (Lipinski definition) is 1. The van der Waals surface area contributed by atoms with Gasteiger partial charge in [0.25, 0.3) is 0 Å². The van der Waals surface area contributed by atoms with E-state index < -0.39 is 0 Å². The fourth-order valence-corrected chi connectivity index (χ4v) is 3.02. The van der Waals surface area contributed by atoms with Crippen LogP contribution in [0.25, 0.3) is 6.08 Å². The summed E-state index contributed by atoms with van der Waals surface area (Å²) in [7, 11) is 0. The van der Waals surface area contributed by atoms with Gasteiger partial charge in [-0.15, -0.1) is 0 Å². The van der Waals surface area contributed by atoms with E-state index >= 15 is 0 Å². The molecule has 6 nitrogen and oxygen atoms in total. The molecule has 7 heteroatoms. The molecule has 0 saturated heterocycles. The lowest BCUT2D eigenvalue weighted by molar-refractivity contribution is -0.116. The Bertz CT molecular complexity index is 839. The molecule has 0 aromatic carbocycles. The van der Waals surface area contributed by atoms with Crippen molar-refractivity contribution in [3.05, 3.63) is 57.2 Å². The molecule has 0 spiro atoms. The highest BCUT2D eigenvalue weighted by Crippen LogP contribution is 2.21. The van der Waals surface area contributed by atoms with Crippen LogP contribution in [-0.2, 0) is 17.9 Å². The van der Waals surface area contributed by atoms with E-state index in [-0.39, 0.29) is 11.5 Å². The first kappa shape index (κ1) is 21.0.